The number of amides is 5. The molecule has 0 spiro atoms. The van der Waals surface area contributed by atoms with E-state index in [1.165, 1.54) is 18.7 Å². The summed E-state index contributed by atoms with van der Waals surface area (Å²) in [6, 6.07) is 16.4. The first-order valence-electron chi connectivity index (χ1n) is 19.6. The van der Waals surface area contributed by atoms with Gasteiger partial charge in [-0.1, -0.05) is 101 Å². The summed E-state index contributed by atoms with van der Waals surface area (Å²) in [5.41, 5.74) is -3.19. The van der Waals surface area contributed by atoms with Crippen molar-refractivity contribution in [1.82, 2.24) is 25.1 Å². The molecule has 0 unspecified atom stereocenters. The molecule has 63 heavy (non-hydrogen) atoms. The smallest absolute Gasteiger partial charge is 0.413 e. The van der Waals surface area contributed by atoms with E-state index in [9.17, 15) is 33.6 Å². The van der Waals surface area contributed by atoms with Crippen LogP contribution in [0.3, 0.4) is 0 Å². The Labute approximate surface area is 375 Å². The van der Waals surface area contributed by atoms with Gasteiger partial charge in [0.05, 0.1) is 13.1 Å². The highest BCUT2D eigenvalue weighted by atomic mass is 35.5. The van der Waals surface area contributed by atoms with Crippen molar-refractivity contribution in [3.8, 4) is 0 Å². The third kappa shape index (κ3) is 10.2. The second-order valence-corrected chi connectivity index (χ2v) is 20.1. The van der Waals surface area contributed by atoms with Crippen molar-refractivity contribution in [1.29, 1.82) is 0 Å². The number of hydrogen-bond donors (Lipinski definition) is 3. The minimum atomic E-state index is -1.98. The minimum Gasteiger partial charge on any atom is -0.457 e. The maximum Gasteiger partial charge on any atom is 0.413 e. The van der Waals surface area contributed by atoms with E-state index in [1.54, 1.807) is 102 Å². The van der Waals surface area contributed by atoms with Crippen molar-refractivity contribution >= 4 is 87.2 Å². The molecule has 3 aliphatic heterocycles. The number of carbonyl (C=O) groups excluding carboxylic acids is 7. The summed E-state index contributed by atoms with van der Waals surface area (Å²) in [6.45, 7) is 11.9. The molecule has 0 aliphatic carbocycles. The number of nitrogens with one attached hydrogen (secondary N) is 2. The SMILES string of the molecule is CC(C)(C)OC(=O)Nc1nc(/C(=N/OC(C)(C)C(=O)OC(C)(C)C)C(=O)N[C@@H]2C(=O)N3C[C@@](C(=O)OC(c4ccccc4)c4ccccc4)(N4CCN(N)C(=O)C4=O)S[C@H]23)c(Cl)s1. The number of thiazole rings is 1. The zero-order valence-electron chi connectivity index (χ0n) is 35.6. The second kappa shape index (κ2) is 17.8. The Balaban J connectivity index is 1.32. The summed E-state index contributed by atoms with van der Waals surface area (Å²) < 4.78 is 16.9. The predicted molar refractivity (Wildman–Crippen MR) is 231 cm³/mol. The van der Waals surface area contributed by atoms with Crippen molar-refractivity contribution in [2.75, 3.05) is 25.0 Å². The van der Waals surface area contributed by atoms with E-state index in [0.717, 1.165) is 33.0 Å². The number of thioether (sulfide) groups is 1. The number of nitrogens with zero attached hydrogens (tertiary/aromatic N) is 5. The van der Waals surface area contributed by atoms with Gasteiger partial charge in [-0.25, -0.2) is 25.2 Å². The number of fused-ring (bicyclic) bond motifs is 1. The molecular weight excluding hydrogens is 880 g/mol. The van der Waals surface area contributed by atoms with Crippen LogP contribution in [-0.2, 0) is 47.8 Å². The van der Waals surface area contributed by atoms with Gasteiger partial charge in [-0.05, 0) is 66.5 Å². The van der Waals surface area contributed by atoms with Gasteiger partial charge >= 0.3 is 29.8 Å². The van der Waals surface area contributed by atoms with E-state index in [1.807, 2.05) is 0 Å². The van der Waals surface area contributed by atoms with Crippen LogP contribution in [0.5, 0.6) is 0 Å². The van der Waals surface area contributed by atoms with Crippen LogP contribution in [0.1, 0.15) is 78.3 Å². The molecule has 1 aromatic heterocycles. The topological polar surface area (TPSA) is 241 Å². The van der Waals surface area contributed by atoms with Gasteiger partial charge in [0.2, 0.25) is 16.4 Å². The number of hydrazine groups is 1. The molecule has 5 amide bonds. The number of piperazine rings is 1. The molecule has 3 atom stereocenters. The average Bonchev–Trinajstić information content (AvgIpc) is 3.75. The number of nitrogens with two attached hydrogens (primary N) is 1. The van der Waals surface area contributed by atoms with Crippen LogP contribution in [0, 0.1) is 0 Å². The Morgan fingerprint density at radius 1 is 0.889 bits per heavy atom. The molecule has 3 aliphatic rings. The monoisotopic (exact) mass is 926 g/mol. The molecule has 6 rings (SSSR count). The maximum atomic E-state index is 14.8. The van der Waals surface area contributed by atoms with Gasteiger partial charge in [-0.2, -0.15) is 0 Å². The number of oxime groups is 1. The lowest BCUT2D eigenvalue weighted by atomic mass is 10.0. The number of rotatable bonds is 12. The Kier molecular flexibility index (Phi) is 13.2. The fourth-order valence-electron chi connectivity index (χ4n) is 6.47. The zero-order chi connectivity index (χ0) is 46.2. The number of hydrogen-bond acceptors (Lipinski definition) is 16. The van der Waals surface area contributed by atoms with Crippen LogP contribution in [0.4, 0.5) is 9.93 Å². The third-order valence-corrected chi connectivity index (χ3v) is 12.3. The van der Waals surface area contributed by atoms with Gasteiger partial charge < -0.3 is 34.2 Å². The molecule has 0 saturated carbocycles. The minimum absolute atomic E-state index is 0.0854. The Morgan fingerprint density at radius 2 is 1.48 bits per heavy atom. The molecule has 336 valence electrons. The lowest BCUT2D eigenvalue weighted by Gasteiger charge is -2.41. The van der Waals surface area contributed by atoms with Crippen LogP contribution in [0.15, 0.2) is 65.8 Å². The van der Waals surface area contributed by atoms with E-state index in [4.69, 9.17) is 36.5 Å². The predicted octanol–water partition coefficient (Wildman–Crippen LogP) is 3.96. The van der Waals surface area contributed by atoms with Crippen LogP contribution in [0.25, 0.3) is 0 Å². The Morgan fingerprint density at radius 3 is 2.05 bits per heavy atom. The maximum absolute atomic E-state index is 14.8. The quantitative estimate of drug-likeness (QED) is 0.0341. The molecule has 3 saturated heterocycles. The number of esters is 2. The molecule has 3 fully saturated rings. The molecule has 0 radical (unpaired) electrons. The Hall–Kier alpha value is -5.77. The van der Waals surface area contributed by atoms with E-state index in [0.29, 0.717) is 11.1 Å². The summed E-state index contributed by atoms with van der Waals surface area (Å²) in [5.74, 6) is 0.173. The first-order chi connectivity index (χ1) is 29.4. The first-order valence-corrected chi connectivity index (χ1v) is 21.6. The van der Waals surface area contributed by atoms with Gasteiger partial charge in [0.1, 0.15) is 32.6 Å². The van der Waals surface area contributed by atoms with Gasteiger partial charge in [0.15, 0.2) is 16.9 Å². The van der Waals surface area contributed by atoms with Crippen molar-refractivity contribution in [2.45, 2.75) is 94.6 Å². The molecule has 0 bridgehead atoms. The summed E-state index contributed by atoms with van der Waals surface area (Å²) in [4.78, 5) is 106. The van der Waals surface area contributed by atoms with Crippen LogP contribution >= 0.6 is 34.7 Å². The van der Waals surface area contributed by atoms with Gasteiger partial charge in [0.25, 0.3) is 5.91 Å². The van der Waals surface area contributed by atoms with Crippen LogP contribution in [0.2, 0.25) is 4.34 Å². The standard InChI is InChI=1S/C41H47ClN8O11S2/c1-38(2,3)59-34(55)40(7,8)61-47-25(24-28(42)62-36(45-24)46-37(57)60-39(4,5)6)29(51)44-26-30(52)48-21-41(63-33(26)48,49-19-20-50(43)32(54)31(49)53)35(56)58-27(22-15-11-9-12-16-22)23-17-13-10-14-18-23/h9-18,26-27,33H,19-21,43H2,1-8H3,(H,44,51)(H,45,46,57)/b47-25-/t26-,33-,41-/m1/s1. The number of ether oxygens (including phenoxy) is 3. The normalized spacial score (nSPS) is 20.5. The Bertz CT molecular complexity index is 2290. The first kappa shape index (κ1) is 46.7. The summed E-state index contributed by atoms with van der Waals surface area (Å²) in [7, 11) is 0. The number of halogens is 1. The van der Waals surface area contributed by atoms with Crippen molar-refractivity contribution in [3.05, 3.63) is 81.8 Å². The fourth-order valence-corrected chi connectivity index (χ4v) is 9.18. The van der Waals surface area contributed by atoms with Gasteiger partial charge in [-0.3, -0.25) is 29.5 Å². The number of anilines is 1. The van der Waals surface area contributed by atoms with E-state index >= 15 is 0 Å². The highest BCUT2D eigenvalue weighted by Gasteiger charge is 2.67. The number of aromatic nitrogens is 1. The van der Waals surface area contributed by atoms with E-state index in [2.05, 4.69) is 20.8 Å². The number of benzene rings is 2. The molecule has 4 N–H and O–H groups in total. The number of β-lactam (4-membered cyclic amide) rings is 1. The largest absolute Gasteiger partial charge is 0.457 e. The summed E-state index contributed by atoms with van der Waals surface area (Å²) >= 11 is 8.18. The summed E-state index contributed by atoms with van der Waals surface area (Å²) in [6.07, 6.45) is -1.82. The van der Waals surface area contributed by atoms with Crippen LogP contribution in [-0.4, -0.2) is 120 Å². The molecular formula is C41H47ClN8O11S2. The van der Waals surface area contributed by atoms with E-state index in [-0.39, 0.29) is 28.3 Å². The highest BCUT2D eigenvalue weighted by molar-refractivity contribution is 8.02. The lowest BCUT2D eigenvalue weighted by molar-refractivity contribution is -0.179. The number of carbonyl (C=O) groups is 7. The molecule has 22 heteroatoms. The summed E-state index contributed by atoms with van der Waals surface area (Å²) in [5, 5.41) is 8.73. The molecule has 2 aromatic carbocycles. The van der Waals surface area contributed by atoms with Gasteiger partial charge in [0, 0.05) is 6.54 Å². The fraction of sp³-hybridized carbons (Fsp3) is 0.439. The third-order valence-electron chi connectivity index (χ3n) is 9.46. The van der Waals surface area contributed by atoms with E-state index < -0.39 is 93.1 Å². The second-order valence-electron chi connectivity index (χ2n) is 17.1. The van der Waals surface area contributed by atoms with Gasteiger partial charge in [-0.15, -0.1) is 0 Å². The van der Waals surface area contributed by atoms with Crippen molar-refractivity contribution < 1.29 is 52.6 Å². The lowest BCUT2D eigenvalue weighted by Crippen LogP contribution is -2.69. The van der Waals surface area contributed by atoms with Crippen molar-refractivity contribution in [3.63, 3.8) is 0 Å². The average molecular weight is 927 g/mol. The zero-order valence-corrected chi connectivity index (χ0v) is 38.0. The molecule has 4 heterocycles. The van der Waals surface area contributed by atoms with Crippen molar-refractivity contribution in [2.24, 2.45) is 11.0 Å². The highest BCUT2D eigenvalue weighted by Crippen LogP contribution is 2.50. The molecule has 19 nitrogen and oxygen atoms in total. The molecule has 3 aromatic rings. The van der Waals surface area contributed by atoms with Crippen LogP contribution < -0.4 is 16.5 Å².